The highest BCUT2D eigenvalue weighted by Crippen LogP contribution is 2.26. The highest BCUT2D eigenvalue weighted by atomic mass is 32.1. The Kier molecular flexibility index (Phi) is 4.68. The Bertz CT molecular complexity index is 968. The Hall–Kier alpha value is -3.06. The summed E-state index contributed by atoms with van der Waals surface area (Å²) in [4.78, 5) is 19.1. The molecule has 0 atom stereocenters. The fourth-order valence-electron chi connectivity index (χ4n) is 3.14. The van der Waals surface area contributed by atoms with Crippen molar-refractivity contribution in [1.82, 2.24) is 9.88 Å². The number of nitrogens with two attached hydrogens (primary N) is 1. The summed E-state index contributed by atoms with van der Waals surface area (Å²) in [6.45, 7) is 1.26. The second-order valence-electron chi connectivity index (χ2n) is 6.40. The van der Waals surface area contributed by atoms with E-state index in [1.54, 1.807) is 12.5 Å². The van der Waals surface area contributed by atoms with E-state index in [2.05, 4.69) is 10.3 Å². The first-order valence-electron chi connectivity index (χ1n) is 8.65. The smallest absolute Gasteiger partial charge is 0.273 e. The van der Waals surface area contributed by atoms with Crippen LogP contribution in [-0.4, -0.2) is 29.4 Å². The largest absolute Gasteiger partial charge is 0.497 e. The molecular formula is C20H20N4O2S. The Morgan fingerprint density at radius 2 is 2.04 bits per heavy atom. The van der Waals surface area contributed by atoms with Crippen molar-refractivity contribution in [1.29, 1.82) is 0 Å². The molecule has 0 aliphatic carbocycles. The highest BCUT2D eigenvalue weighted by Gasteiger charge is 2.23. The van der Waals surface area contributed by atoms with Crippen LogP contribution in [0.3, 0.4) is 0 Å². The predicted molar refractivity (Wildman–Crippen MR) is 108 cm³/mol. The SMILES string of the molecule is COc1ccc(Nc2nc(C(=O)N3CCc4ccc(N)cc4C3)cs2)cc1. The monoisotopic (exact) mass is 380 g/mol. The van der Waals surface area contributed by atoms with E-state index in [-0.39, 0.29) is 5.91 Å². The molecule has 3 aromatic rings. The molecule has 3 N–H and O–H groups in total. The van der Waals surface area contributed by atoms with E-state index in [1.165, 1.54) is 16.9 Å². The van der Waals surface area contributed by atoms with Gasteiger partial charge in [0.1, 0.15) is 11.4 Å². The first-order valence-corrected chi connectivity index (χ1v) is 9.53. The molecule has 0 fully saturated rings. The number of carbonyl (C=O) groups excluding carboxylic acids is 1. The molecule has 0 saturated heterocycles. The molecule has 1 amide bonds. The van der Waals surface area contributed by atoms with Gasteiger partial charge < -0.3 is 20.7 Å². The van der Waals surface area contributed by atoms with Crippen molar-refractivity contribution < 1.29 is 9.53 Å². The lowest BCUT2D eigenvalue weighted by atomic mass is 9.99. The van der Waals surface area contributed by atoms with Gasteiger partial charge in [0.25, 0.3) is 5.91 Å². The summed E-state index contributed by atoms with van der Waals surface area (Å²) in [5.74, 6) is 0.740. The van der Waals surface area contributed by atoms with Crippen LogP contribution >= 0.6 is 11.3 Å². The van der Waals surface area contributed by atoms with Gasteiger partial charge in [-0.15, -0.1) is 11.3 Å². The molecule has 0 bridgehead atoms. The van der Waals surface area contributed by atoms with Crippen LogP contribution in [0.4, 0.5) is 16.5 Å². The van der Waals surface area contributed by atoms with E-state index in [4.69, 9.17) is 10.5 Å². The number of fused-ring (bicyclic) bond motifs is 1. The lowest BCUT2D eigenvalue weighted by molar-refractivity contribution is 0.0729. The summed E-state index contributed by atoms with van der Waals surface area (Å²) in [6.07, 6.45) is 0.836. The number of anilines is 3. The number of nitrogens with one attached hydrogen (secondary N) is 1. The van der Waals surface area contributed by atoms with Crippen LogP contribution < -0.4 is 15.8 Å². The number of ether oxygens (including phenoxy) is 1. The summed E-state index contributed by atoms with van der Waals surface area (Å²) in [5.41, 5.74) is 10.3. The second-order valence-corrected chi connectivity index (χ2v) is 7.25. The number of nitrogens with zero attached hydrogens (tertiary/aromatic N) is 2. The number of hydrogen-bond acceptors (Lipinski definition) is 6. The van der Waals surface area contributed by atoms with Gasteiger partial charge in [-0.1, -0.05) is 6.07 Å². The van der Waals surface area contributed by atoms with Crippen LogP contribution in [0.25, 0.3) is 0 Å². The quantitative estimate of drug-likeness (QED) is 0.675. The van der Waals surface area contributed by atoms with Gasteiger partial charge in [-0.2, -0.15) is 0 Å². The van der Waals surface area contributed by atoms with Gasteiger partial charge >= 0.3 is 0 Å². The number of aromatic nitrogens is 1. The van der Waals surface area contributed by atoms with Crippen LogP contribution in [0, 0.1) is 0 Å². The summed E-state index contributed by atoms with van der Waals surface area (Å²) in [7, 11) is 1.63. The lowest BCUT2D eigenvalue weighted by Crippen LogP contribution is -2.36. The van der Waals surface area contributed by atoms with E-state index >= 15 is 0 Å². The van der Waals surface area contributed by atoms with E-state index in [9.17, 15) is 4.79 Å². The number of nitrogen functional groups attached to an aromatic ring is 1. The van der Waals surface area contributed by atoms with E-state index in [0.717, 1.165) is 29.1 Å². The average molecular weight is 380 g/mol. The van der Waals surface area contributed by atoms with E-state index < -0.39 is 0 Å². The van der Waals surface area contributed by atoms with Gasteiger partial charge in [0.2, 0.25) is 0 Å². The van der Waals surface area contributed by atoms with Crippen molar-refractivity contribution in [3.05, 3.63) is 64.7 Å². The molecule has 6 nitrogen and oxygen atoms in total. The second kappa shape index (κ2) is 7.28. The van der Waals surface area contributed by atoms with Crippen molar-refractivity contribution >= 4 is 33.8 Å². The number of amides is 1. The minimum absolute atomic E-state index is 0.0536. The van der Waals surface area contributed by atoms with Gasteiger partial charge in [0, 0.05) is 29.8 Å². The number of hydrogen-bond donors (Lipinski definition) is 2. The van der Waals surface area contributed by atoms with Crippen molar-refractivity contribution in [2.75, 3.05) is 24.7 Å². The predicted octanol–water partition coefficient (Wildman–Crippen LogP) is 3.68. The Balaban J connectivity index is 1.45. The van der Waals surface area contributed by atoms with Crippen LogP contribution in [-0.2, 0) is 13.0 Å². The molecule has 0 radical (unpaired) electrons. The Morgan fingerprint density at radius 3 is 2.81 bits per heavy atom. The summed E-state index contributed by atoms with van der Waals surface area (Å²) in [5, 5.41) is 5.70. The summed E-state index contributed by atoms with van der Waals surface area (Å²) >= 11 is 1.41. The molecule has 1 aliphatic heterocycles. The molecule has 7 heteroatoms. The third-order valence-corrected chi connectivity index (χ3v) is 5.35. The van der Waals surface area contributed by atoms with Gasteiger partial charge in [-0.25, -0.2) is 4.98 Å². The van der Waals surface area contributed by atoms with Crippen LogP contribution in [0.1, 0.15) is 21.6 Å². The number of methoxy groups -OCH3 is 1. The van der Waals surface area contributed by atoms with Crippen molar-refractivity contribution in [2.24, 2.45) is 0 Å². The molecule has 0 saturated carbocycles. The standard InChI is InChI=1S/C20H20N4O2S/c1-26-17-6-4-16(5-7-17)22-20-23-18(12-27-20)19(25)24-9-8-13-2-3-15(21)10-14(13)11-24/h2-7,10,12H,8-9,11,21H2,1H3,(H,22,23). The summed E-state index contributed by atoms with van der Waals surface area (Å²) < 4.78 is 5.16. The zero-order valence-electron chi connectivity index (χ0n) is 14.9. The third kappa shape index (κ3) is 3.73. The number of carbonyl (C=O) groups is 1. The van der Waals surface area contributed by atoms with Crippen molar-refractivity contribution in [2.45, 2.75) is 13.0 Å². The van der Waals surface area contributed by atoms with Crippen molar-refractivity contribution in [3.63, 3.8) is 0 Å². The zero-order chi connectivity index (χ0) is 18.8. The first-order chi connectivity index (χ1) is 13.1. The van der Waals surface area contributed by atoms with Crippen LogP contribution in [0.15, 0.2) is 47.8 Å². The third-order valence-electron chi connectivity index (χ3n) is 4.59. The first kappa shape index (κ1) is 17.4. The van der Waals surface area contributed by atoms with E-state index in [0.29, 0.717) is 23.9 Å². The topological polar surface area (TPSA) is 80.5 Å². The van der Waals surface area contributed by atoms with Crippen LogP contribution in [0.5, 0.6) is 5.75 Å². The fraction of sp³-hybridized carbons (Fsp3) is 0.200. The normalized spacial score (nSPS) is 13.1. The Labute approximate surface area is 161 Å². The molecular weight excluding hydrogens is 360 g/mol. The maximum atomic E-state index is 12.8. The lowest BCUT2D eigenvalue weighted by Gasteiger charge is -2.28. The summed E-state index contributed by atoms with van der Waals surface area (Å²) in [6, 6.07) is 13.5. The molecule has 1 aliphatic rings. The fourth-order valence-corrected chi connectivity index (χ4v) is 3.84. The van der Waals surface area contributed by atoms with Crippen LogP contribution in [0.2, 0.25) is 0 Å². The Morgan fingerprint density at radius 1 is 1.22 bits per heavy atom. The minimum Gasteiger partial charge on any atom is -0.497 e. The van der Waals surface area contributed by atoms with Gasteiger partial charge in [0.05, 0.1) is 7.11 Å². The van der Waals surface area contributed by atoms with Gasteiger partial charge in [-0.05, 0) is 53.9 Å². The number of rotatable bonds is 4. The molecule has 27 heavy (non-hydrogen) atoms. The average Bonchev–Trinajstić information content (AvgIpc) is 3.16. The molecule has 138 valence electrons. The molecule has 0 spiro atoms. The molecule has 1 aromatic heterocycles. The van der Waals surface area contributed by atoms with Crippen molar-refractivity contribution in [3.8, 4) is 5.75 Å². The number of benzene rings is 2. The molecule has 0 unspecified atom stereocenters. The maximum Gasteiger partial charge on any atom is 0.273 e. The van der Waals surface area contributed by atoms with E-state index in [1.807, 2.05) is 47.4 Å². The van der Waals surface area contributed by atoms with Gasteiger partial charge in [-0.3, -0.25) is 4.79 Å². The maximum absolute atomic E-state index is 12.8. The highest BCUT2D eigenvalue weighted by molar-refractivity contribution is 7.14. The number of thiazole rings is 1. The minimum atomic E-state index is -0.0536. The molecule has 2 heterocycles. The molecule has 4 rings (SSSR count). The molecule has 2 aromatic carbocycles. The zero-order valence-corrected chi connectivity index (χ0v) is 15.8. The van der Waals surface area contributed by atoms with Gasteiger partial charge in [0.15, 0.2) is 5.13 Å².